The summed E-state index contributed by atoms with van der Waals surface area (Å²) in [4.78, 5) is 39.7. The third-order valence-corrected chi connectivity index (χ3v) is 7.74. The van der Waals surface area contributed by atoms with Crippen molar-refractivity contribution in [1.82, 2.24) is 15.0 Å². The SMILES string of the molecule is COc1ccc(-c2nc3ccc(C(=O)OCC(=O)Nc4nc5ccc(OC)cc5s4)cc3nc2-c2ccc(OC)cc2)cc1. The van der Waals surface area contributed by atoms with Crippen LogP contribution in [0, 0.1) is 0 Å². The Morgan fingerprint density at radius 2 is 1.23 bits per heavy atom. The van der Waals surface area contributed by atoms with E-state index in [1.807, 2.05) is 60.7 Å². The Labute approximate surface area is 256 Å². The van der Waals surface area contributed by atoms with Crippen LogP contribution in [0.25, 0.3) is 43.8 Å². The zero-order chi connectivity index (χ0) is 30.6. The molecule has 6 aromatic rings. The van der Waals surface area contributed by atoms with E-state index >= 15 is 0 Å². The molecule has 0 aliphatic rings. The van der Waals surface area contributed by atoms with Gasteiger partial charge in [0.2, 0.25) is 0 Å². The van der Waals surface area contributed by atoms with Crippen molar-refractivity contribution in [1.29, 1.82) is 0 Å². The molecule has 2 heterocycles. The van der Waals surface area contributed by atoms with Crippen LogP contribution >= 0.6 is 11.3 Å². The van der Waals surface area contributed by atoms with Crippen molar-refractivity contribution < 1.29 is 28.5 Å². The van der Waals surface area contributed by atoms with Gasteiger partial charge in [-0.3, -0.25) is 10.1 Å². The van der Waals surface area contributed by atoms with Gasteiger partial charge in [0.25, 0.3) is 5.91 Å². The van der Waals surface area contributed by atoms with Gasteiger partial charge >= 0.3 is 5.97 Å². The van der Waals surface area contributed by atoms with E-state index in [1.165, 1.54) is 11.3 Å². The van der Waals surface area contributed by atoms with Crippen molar-refractivity contribution in [3.8, 4) is 39.8 Å². The standard InChI is InChI=1S/C33H26N4O6S/c1-40-22-9-4-19(5-10-22)30-31(20-6-11-23(41-2)12-7-20)35-27-16-21(8-14-25(27)34-30)32(39)43-18-29(38)37-33-36-26-15-13-24(42-3)17-28(26)44-33/h4-17H,18H2,1-3H3,(H,36,37,38). The number of amides is 1. The highest BCUT2D eigenvalue weighted by molar-refractivity contribution is 7.22. The third kappa shape index (κ3) is 5.99. The summed E-state index contributed by atoms with van der Waals surface area (Å²) >= 11 is 1.30. The molecule has 0 saturated carbocycles. The molecule has 0 atom stereocenters. The summed E-state index contributed by atoms with van der Waals surface area (Å²) in [5.74, 6) is 0.970. The Morgan fingerprint density at radius 1 is 0.659 bits per heavy atom. The van der Waals surface area contributed by atoms with Crippen molar-refractivity contribution in [3.05, 3.63) is 90.5 Å². The molecule has 4 aromatic carbocycles. The lowest BCUT2D eigenvalue weighted by Gasteiger charge is -2.12. The van der Waals surface area contributed by atoms with Crippen molar-refractivity contribution in [2.45, 2.75) is 0 Å². The second-order valence-corrected chi connectivity index (χ2v) is 10.6. The van der Waals surface area contributed by atoms with Crippen LogP contribution in [0.4, 0.5) is 5.13 Å². The molecule has 2 aromatic heterocycles. The summed E-state index contributed by atoms with van der Waals surface area (Å²) in [6.07, 6.45) is 0. The Hall–Kier alpha value is -5.55. The molecule has 6 rings (SSSR count). The van der Waals surface area contributed by atoms with Gasteiger partial charge in [-0.25, -0.2) is 19.7 Å². The Bertz CT molecular complexity index is 1990. The predicted octanol–water partition coefficient (Wildman–Crippen LogP) is 6.39. The summed E-state index contributed by atoms with van der Waals surface area (Å²) in [6.45, 7) is -0.477. The molecule has 1 N–H and O–H groups in total. The van der Waals surface area contributed by atoms with Crippen molar-refractivity contribution in [3.63, 3.8) is 0 Å². The number of carbonyl (C=O) groups is 2. The van der Waals surface area contributed by atoms with Crippen LogP contribution in [-0.4, -0.2) is 54.8 Å². The molecule has 0 fully saturated rings. The van der Waals surface area contributed by atoms with Crippen molar-refractivity contribution in [2.75, 3.05) is 33.3 Å². The van der Waals surface area contributed by atoms with Crippen LogP contribution < -0.4 is 19.5 Å². The lowest BCUT2D eigenvalue weighted by molar-refractivity contribution is -0.119. The van der Waals surface area contributed by atoms with Gasteiger partial charge in [-0.2, -0.15) is 0 Å². The number of thiazole rings is 1. The molecule has 11 heteroatoms. The van der Waals surface area contributed by atoms with E-state index < -0.39 is 18.5 Å². The molecule has 0 aliphatic carbocycles. The van der Waals surface area contributed by atoms with Crippen LogP contribution in [0.15, 0.2) is 84.9 Å². The lowest BCUT2D eigenvalue weighted by atomic mass is 10.0. The smallest absolute Gasteiger partial charge is 0.338 e. The van der Waals surface area contributed by atoms with Gasteiger partial charge in [0.15, 0.2) is 11.7 Å². The van der Waals surface area contributed by atoms with Gasteiger partial charge in [0.05, 0.1) is 59.5 Å². The van der Waals surface area contributed by atoms with E-state index in [4.69, 9.17) is 28.9 Å². The first kappa shape index (κ1) is 28.6. The second kappa shape index (κ2) is 12.4. The minimum Gasteiger partial charge on any atom is -0.497 e. The molecule has 10 nitrogen and oxygen atoms in total. The van der Waals surface area contributed by atoms with Gasteiger partial charge in [0.1, 0.15) is 17.2 Å². The molecule has 0 bridgehead atoms. The van der Waals surface area contributed by atoms with Crippen LogP contribution in [0.2, 0.25) is 0 Å². The third-order valence-electron chi connectivity index (χ3n) is 6.80. The first-order valence-electron chi connectivity index (χ1n) is 13.5. The van der Waals surface area contributed by atoms with Gasteiger partial charge < -0.3 is 18.9 Å². The molecule has 0 spiro atoms. The van der Waals surface area contributed by atoms with E-state index in [9.17, 15) is 9.59 Å². The molecule has 0 saturated heterocycles. The van der Waals surface area contributed by atoms with Crippen molar-refractivity contribution >= 4 is 49.6 Å². The summed E-state index contributed by atoms with van der Waals surface area (Å²) in [5.41, 5.74) is 5.03. The number of rotatable bonds is 9. The number of anilines is 1. The zero-order valence-corrected chi connectivity index (χ0v) is 24.8. The number of esters is 1. The Balaban J connectivity index is 1.23. The molecule has 0 aliphatic heterocycles. The lowest BCUT2D eigenvalue weighted by Crippen LogP contribution is -2.20. The molecule has 1 amide bonds. The highest BCUT2D eigenvalue weighted by Gasteiger charge is 2.17. The highest BCUT2D eigenvalue weighted by Crippen LogP contribution is 2.33. The molecule has 44 heavy (non-hydrogen) atoms. The maximum absolute atomic E-state index is 12.9. The Morgan fingerprint density at radius 3 is 1.84 bits per heavy atom. The van der Waals surface area contributed by atoms with Gasteiger partial charge in [-0.15, -0.1) is 0 Å². The van der Waals surface area contributed by atoms with Gasteiger partial charge in [0, 0.05) is 11.1 Å². The molecule has 0 radical (unpaired) electrons. The number of benzene rings is 4. The number of carbonyl (C=O) groups excluding carboxylic acids is 2. The first-order chi connectivity index (χ1) is 21.4. The predicted molar refractivity (Wildman–Crippen MR) is 169 cm³/mol. The second-order valence-electron chi connectivity index (χ2n) is 9.56. The fraction of sp³-hybridized carbons (Fsp3) is 0.121. The number of hydrogen-bond acceptors (Lipinski definition) is 10. The minimum absolute atomic E-state index is 0.240. The number of aromatic nitrogens is 3. The normalized spacial score (nSPS) is 10.9. The van der Waals surface area contributed by atoms with E-state index in [0.717, 1.165) is 27.1 Å². The highest BCUT2D eigenvalue weighted by atomic mass is 32.1. The Kier molecular flexibility index (Phi) is 8.02. The maximum atomic E-state index is 12.9. The van der Waals surface area contributed by atoms with Crippen LogP contribution in [0.5, 0.6) is 17.2 Å². The van der Waals surface area contributed by atoms with E-state index in [2.05, 4.69) is 10.3 Å². The molecular weight excluding hydrogens is 580 g/mol. The number of nitrogens with zero attached hydrogens (tertiary/aromatic N) is 3. The topological polar surface area (TPSA) is 122 Å². The average molecular weight is 607 g/mol. The fourth-order valence-electron chi connectivity index (χ4n) is 4.54. The maximum Gasteiger partial charge on any atom is 0.338 e. The van der Waals surface area contributed by atoms with Gasteiger partial charge in [-0.1, -0.05) is 11.3 Å². The quantitative estimate of drug-likeness (QED) is 0.186. The van der Waals surface area contributed by atoms with E-state index in [1.54, 1.807) is 45.6 Å². The number of ether oxygens (including phenoxy) is 4. The van der Waals surface area contributed by atoms with E-state index in [-0.39, 0.29) is 5.56 Å². The number of hydrogen-bond donors (Lipinski definition) is 1. The zero-order valence-electron chi connectivity index (χ0n) is 24.0. The van der Waals surface area contributed by atoms with Crippen LogP contribution in [0.3, 0.4) is 0 Å². The monoisotopic (exact) mass is 606 g/mol. The van der Waals surface area contributed by atoms with Crippen LogP contribution in [-0.2, 0) is 9.53 Å². The summed E-state index contributed by atoms with van der Waals surface area (Å²) in [5, 5.41) is 3.08. The first-order valence-corrected chi connectivity index (χ1v) is 14.3. The molecule has 220 valence electrons. The molecule has 0 unspecified atom stereocenters. The summed E-state index contributed by atoms with van der Waals surface area (Å²) in [6, 6.07) is 25.4. The summed E-state index contributed by atoms with van der Waals surface area (Å²) < 4.78 is 22.0. The number of nitrogens with one attached hydrogen (secondary N) is 1. The van der Waals surface area contributed by atoms with Crippen molar-refractivity contribution in [2.24, 2.45) is 0 Å². The number of methoxy groups -OCH3 is 3. The minimum atomic E-state index is -0.664. The van der Waals surface area contributed by atoms with E-state index in [0.29, 0.717) is 39.1 Å². The summed E-state index contributed by atoms with van der Waals surface area (Å²) in [7, 11) is 4.81. The van der Waals surface area contributed by atoms with Crippen LogP contribution in [0.1, 0.15) is 10.4 Å². The molecular formula is C33H26N4O6S. The van der Waals surface area contributed by atoms with Gasteiger partial charge in [-0.05, 0) is 84.9 Å². The largest absolute Gasteiger partial charge is 0.497 e. The number of fused-ring (bicyclic) bond motifs is 2. The fourth-order valence-corrected chi connectivity index (χ4v) is 5.45. The average Bonchev–Trinajstić information content (AvgIpc) is 3.47.